The summed E-state index contributed by atoms with van der Waals surface area (Å²) < 4.78 is 6.95. The van der Waals surface area contributed by atoms with Gasteiger partial charge in [-0.3, -0.25) is 0 Å². The second-order valence-electron chi connectivity index (χ2n) is 4.35. The quantitative estimate of drug-likeness (QED) is 0.232. The third-order valence-electron chi connectivity index (χ3n) is 3.43. The first-order chi connectivity index (χ1) is 8.93. The first kappa shape index (κ1) is 11.0. The summed E-state index contributed by atoms with van der Waals surface area (Å²) in [6.45, 7) is 0. The van der Waals surface area contributed by atoms with E-state index in [1.54, 1.807) is 27.8 Å². The number of hydrogen-bond acceptors (Lipinski definition) is 0. The van der Waals surface area contributed by atoms with E-state index in [1.165, 1.54) is 10.8 Å². The van der Waals surface area contributed by atoms with Gasteiger partial charge in [0.2, 0.25) is 0 Å². The number of benzene rings is 3. The Balaban J connectivity index is 2.35. The van der Waals surface area contributed by atoms with Crippen LogP contribution in [0, 0.1) is 0 Å². The van der Waals surface area contributed by atoms with E-state index in [0.717, 1.165) is 50.5 Å². The van der Waals surface area contributed by atoms with Gasteiger partial charge in [0.05, 0.1) is 0 Å². The van der Waals surface area contributed by atoms with Gasteiger partial charge in [-0.05, 0) is 0 Å². The van der Waals surface area contributed by atoms with Crippen molar-refractivity contribution in [3.63, 3.8) is 0 Å². The molecule has 0 radical (unpaired) electrons. The molecule has 0 N–H and O–H groups in total. The normalized spacial score (nSPS) is 12.4. The van der Waals surface area contributed by atoms with Gasteiger partial charge in [0.15, 0.2) is 0 Å². The molecule has 4 heteroatoms. The van der Waals surface area contributed by atoms with Crippen LogP contribution in [0.15, 0.2) is 36.4 Å². The minimum atomic E-state index is 0.745. The Morgan fingerprint density at radius 2 is 1.06 bits per heavy atom. The molecule has 5 rings (SSSR count). The molecule has 2 heterocycles. The van der Waals surface area contributed by atoms with E-state index < -0.39 is 0 Å². The van der Waals surface area contributed by atoms with Crippen LogP contribution in [0.2, 0.25) is 0 Å². The number of hydrogen-bond donors (Lipinski definition) is 0. The van der Waals surface area contributed by atoms with E-state index in [-0.39, 0.29) is 0 Å². The average molecular weight is 490 g/mol. The van der Waals surface area contributed by atoms with E-state index in [9.17, 15) is 0 Å². The predicted octanol–water partition coefficient (Wildman–Crippen LogP) is 2.53. The molecule has 0 amide bonds. The van der Waals surface area contributed by atoms with Crippen LogP contribution in [0.5, 0.6) is 0 Å². The Bertz CT molecular complexity index is 938. The van der Waals surface area contributed by atoms with Crippen molar-refractivity contribution >= 4 is 89.1 Å². The van der Waals surface area contributed by atoms with Gasteiger partial charge in [0, 0.05) is 0 Å². The van der Waals surface area contributed by atoms with E-state index in [4.69, 9.17) is 0 Å². The first-order valence-electron chi connectivity index (χ1n) is 5.64. The second-order valence-corrected chi connectivity index (χ2v) is 16.6. The van der Waals surface area contributed by atoms with Crippen molar-refractivity contribution in [2.75, 3.05) is 0 Å². The van der Waals surface area contributed by atoms with Crippen LogP contribution in [-0.2, 0) is 0 Å². The van der Waals surface area contributed by atoms with Gasteiger partial charge in [-0.1, -0.05) is 0 Å². The molecule has 0 saturated carbocycles. The fourth-order valence-electron chi connectivity index (χ4n) is 2.68. The zero-order valence-electron chi connectivity index (χ0n) is 9.10. The Morgan fingerprint density at radius 1 is 0.556 bits per heavy atom. The second kappa shape index (κ2) is 3.89. The molecule has 0 aliphatic carbocycles. The fraction of sp³-hybridized carbons (Fsp3) is 0. The zero-order chi connectivity index (χ0) is 11.7. The van der Waals surface area contributed by atoms with Crippen LogP contribution in [0.1, 0.15) is 0 Å². The van der Waals surface area contributed by atoms with E-state index in [1.807, 2.05) is 0 Å². The molecule has 3 aromatic carbocycles. The van der Waals surface area contributed by atoms with Gasteiger partial charge in [0.1, 0.15) is 0 Å². The SMILES string of the molecule is c1cc2[se][se]c3c4[se][se]c5cccc(c(c1)c23)c54. The van der Waals surface area contributed by atoms with Gasteiger partial charge in [0.25, 0.3) is 0 Å². The zero-order valence-corrected chi connectivity index (χ0v) is 15.9. The van der Waals surface area contributed by atoms with Crippen LogP contribution in [-0.4, -0.2) is 50.5 Å². The first-order valence-corrected chi connectivity index (χ1v) is 17.7. The molecule has 18 heavy (non-hydrogen) atoms. The Kier molecular flexibility index (Phi) is 2.37. The van der Waals surface area contributed by atoms with Crippen molar-refractivity contribution < 1.29 is 0 Å². The van der Waals surface area contributed by atoms with Gasteiger partial charge >= 0.3 is 126 Å². The minimum absolute atomic E-state index is 0.745. The molecule has 0 aliphatic rings. The van der Waals surface area contributed by atoms with Crippen molar-refractivity contribution in [1.82, 2.24) is 0 Å². The summed E-state index contributed by atoms with van der Waals surface area (Å²) >= 11 is 3.00. The van der Waals surface area contributed by atoms with Crippen molar-refractivity contribution in [3.05, 3.63) is 36.4 Å². The maximum atomic E-state index is 2.37. The molecule has 0 saturated heterocycles. The average Bonchev–Trinajstić information content (AvgIpc) is 3.01. The summed E-state index contributed by atoms with van der Waals surface area (Å²) in [5.74, 6) is 0. The Labute approximate surface area is 124 Å². The summed E-state index contributed by atoms with van der Waals surface area (Å²) in [4.78, 5) is 0. The molecule has 0 atom stereocenters. The maximum absolute atomic E-state index is 2.37. The summed E-state index contributed by atoms with van der Waals surface area (Å²) in [5.41, 5.74) is 0. The fourth-order valence-corrected chi connectivity index (χ4v) is 22.0. The van der Waals surface area contributed by atoms with Crippen LogP contribution in [0.4, 0.5) is 0 Å². The van der Waals surface area contributed by atoms with Crippen LogP contribution < -0.4 is 0 Å². The number of rotatable bonds is 0. The summed E-state index contributed by atoms with van der Waals surface area (Å²) in [7, 11) is 0. The van der Waals surface area contributed by atoms with Crippen molar-refractivity contribution in [1.29, 1.82) is 0 Å². The van der Waals surface area contributed by atoms with Crippen LogP contribution in [0.25, 0.3) is 38.6 Å². The molecule has 2 aromatic heterocycles. The molecule has 0 aliphatic heterocycles. The molecule has 0 spiro atoms. The van der Waals surface area contributed by atoms with Gasteiger partial charge in [-0.15, -0.1) is 0 Å². The van der Waals surface area contributed by atoms with Crippen LogP contribution >= 0.6 is 0 Å². The van der Waals surface area contributed by atoms with Gasteiger partial charge in [-0.25, -0.2) is 0 Å². The molecular formula is C14H6Se4. The number of fused-ring (bicyclic) bond motifs is 2. The van der Waals surface area contributed by atoms with Crippen molar-refractivity contribution in [3.8, 4) is 0 Å². The molecule has 0 fully saturated rings. The standard InChI is InChI=1S/C14H6Se4/c1-3-7-8-4-2-6-10-12(8)14(18-16-10)13-11(7)9(5-1)15-17-13/h1-6H. The molecule has 0 bridgehead atoms. The Morgan fingerprint density at radius 3 is 1.56 bits per heavy atom. The third kappa shape index (κ3) is 1.29. The summed E-state index contributed by atoms with van der Waals surface area (Å²) in [6, 6.07) is 14.0. The monoisotopic (exact) mass is 494 g/mol. The predicted molar refractivity (Wildman–Crippen MR) is 84.2 cm³/mol. The molecule has 86 valence electrons. The van der Waals surface area contributed by atoms with Crippen LogP contribution in [0.3, 0.4) is 0 Å². The topological polar surface area (TPSA) is 0 Å². The van der Waals surface area contributed by atoms with Crippen molar-refractivity contribution in [2.45, 2.75) is 0 Å². The van der Waals surface area contributed by atoms with E-state index in [0.29, 0.717) is 0 Å². The summed E-state index contributed by atoms with van der Waals surface area (Å²) in [5, 5.41) is 6.41. The van der Waals surface area contributed by atoms with E-state index in [2.05, 4.69) is 36.4 Å². The molecule has 0 unspecified atom stereocenters. The van der Waals surface area contributed by atoms with Crippen molar-refractivity contribution in [2.24, 2.45) is 0 Å². The summed E-state index contributed by atoms with van der Waals surface area (Å²) in [6.07, 6.45) is 0. The molecule has 0 nitrogen and oxygen atoms in total. The Hall–Kier alpha value is 0.258. The van der Waals surface area contributed by atoms with Gasteiger partial charge in [-0.2, -0.15) is 0 Å². The van der Waals surface area contributed by atoms with Gasteiger partial charge < -0.3 is 0 Å². The molecule has 5 aromatic rings. The third-order valence-corrected chi connectivity index (χ3v) is 18.4. The molecular weight excluding hydrogens is 484 g/mol. The van der Waals surface area contributed by atoms with E-state index >= 15 is 0 Å².